The Labute approximate surface area is 154 Å². The smallest absolute Gasteiger partial charge is 0.408 e. The minimum atomic E-state index is -0.369. The van der Waals surface area contributed by atoms with Gasteiger partial charge in [-0.05, 0) is 40.9 Å². The number of carbonyl (C=O) groups is 1. The molecule has 0 fully saturated rings. The van der Waals surface area contributed by atoms with E-state index >= 15 is 0 Å². The van der Waals surface area contributed by atoms with E-state index < -0.39 is 0 Å². The van der Waals surface area contributed by atoms with Crippen molar-refractivity contribution < 1.29 is 9.21 Å². The molecule has 3 aromatic rings. The number of hydrogen-bond donors (Lipinski definition) is 1. The Bertz CT molecular complexity index is 868. The van der Waals surface area contributed by atoms with Crippen LogP contribution in [0, 0.1) is 0 Å². The highest BCUT2D eigenvalue weighted by Gasteiger charge is 2.09. The molecule has 2 heterocycles. The van der Waals surface area contributed by atoms with Crippen molar-refractivity contribution in [1.29, 1.82) is 0 Å². The van der Waals surface area contributed by atoms with Crippen LogP contribution in [0.2, 0.25) is 0 Å². The number of rotatable bonds is 9. The summed E-state index contributed by atoms with van der Waals surface area (Å²) >= 11 is 3.52. The van der Waals surface area contributed by atoms with Gasteiger partial charge < -0.3 is 9.73 Å². The third-order valence-electron chi connectivity index (χ3n) is 3.78. The molecule has 0 aliphatic heterocycles. The van der Waals surface area contributed by atoms with Crippen LogP contribution in [0.15, 0.2) is 50.3 Å². The summed E-state index contributed by atoms with van der Waals surface area (Å²) in [7, 11) is 0. The lowest BCUT2D eigenvalue weighted by Gasteiger charge is -2.05. The maximum atomic E-state index is 11.9. The SMILES string of the molecule is O=C(CCCn1c(=O)oc2ccccc21)NCCSCc1ccsc1. The molecule has 0 unspecified atom stereocenters. The van der Waals surface area contributed by atoms with Gasteiger partial charge in [-0.25, -0.2) is 4.79 Å². The van der Waals surface area contributed by atoms with Gasteiger partial charge in [0.1, 0.15) is 0 Å². The van der Waals surface area contributed by atoms with Crippen molar-refractivity contribution in [3.8, 4) is 0 Å². The highest BCUT2D eigenvalue weighted by molar-refractivity contribution is 7.98. The van der Waals surface area contributed by atoms with Crippen LogP contribution in [0.3, 0.4) is 0 Å². The first kappa shape index (κ1) is 17.8. The number of aryl methyl sites for hydroxylation is 1. The summed E-state index contributed by atoms with van der Waals surface area (Å²) in [6.45, 7) is 1.15. The molecule has 0 aliphatic rings. The molecule has 0 bridgehead atoms. The molecule has 0 saturated carbocycles. The second-order valence-corrected chi connectivity index (χ2v) is 7.51. The quantitative estimate of drug-likeness (QED) is 0.581. The lowest BCUT2D eigenvalue weighted by molar-refractivity contribution is -0.121. The molecule has 0 radical (unpaired) electrons. The third-order valence-corrected chi connectivity index (χ3v) is 5.54. The Morgan fingerprint density at radius 1 is 1.28 bits per heavy atom. The molecule has 7 heteroatoms. The van der Waals surface area contributed by atoms with Crippen molar-refractivity contribution >= 4 is 40.1 Å². The number of hydrogen-bond acceptors (Lipinski definition) is 5. The first-order valence-corrected chi connectivity index (χ1v) is 10.3. The summed E-state index contributed by atoms with van der Waals surface area (Å²) in [4.78, 5) is 23.7. The maximum Gasteiger partial charge on any atom is 0.419 e. The summed E-state index contributed by atoms with van der Waals surface area (Å²) in [6.07, 6.45) is 1.01. The zero-order valence-corrected chi connectivity index (χ0v) is 15.4. The molecule has 0 spiro atoms. The average molecular weight is 377 g/mol. The molecule has 0 aliphatic carbocycles. The Morgan fingerprint density at radius 3 is 3.00 bits per heavy atom. The van der Waals surface area contributed by atoms with E-state index in [1.807, 2.05) is 30.0 Å². The molecule has 1 amide bonds. The third kappa shape index (κ3) is 4.99. The first-order valence-electron chi connectivity index (χ1n) is 8.18. The van der Waals surface area contributed by atoms with Gasteiger partial charge in [-0.3, -0.25) is 9.36 Å². The maximum absolute atomic E-state index is 11.9. The van der Waals surface area contributed by atoms with Crippen molar-refractivity contribution in [2.75, 3.05) is 12.3 Å². The van der Waals surface area contributed by atoms with Crippen LogP contribution in [0.5, 0.6) is 0 Å². The van der Waals surface area contributed by atoms with Crippen molar-refractivity contribution in [2.45, 2.75) is 25.1 Å². The number of fused-ring (bicyclic) bond motifs is 1. The lowest BCUT2D eigenvalue weighted by Crippen LogP contribution is -2.26. The van der Waals surface area contributed by atoms with E-state index in [0.29, 0.717) is 31.5 Å². The van der Waals surface area contributed by atoms with Crippen molar-refractivity contribution in [1.82, 2.24) is 9.88 Å². The Balaban J connectivity index is 1.35. The van der Waals surface area contributed by atoms with E-state index in [9.17, 15) is 9.59 Å². The van der Waals surface area contributed by atoms with Crippen molar-refractivity contribution in [2.24, 2.45) is 0 Å². The molecule has 25 heavy (non-hydrogen) atoms. The van der Waals surface area contributed by atoms with Gasteiger partial charge in [-0.15, -0.1) is 0 Å². The molecule has 0 atom stereocenters. The van der Waals surface area contributed by atoms with E-state index in [2.05, 4.69) is 22.1 Å². The molecule has 132 valence electrons. The van der Waals surface area contributed by atoms with Gasteiger partial charge in [-0.1, -0.05) is 12.1 Å². The minimum Gasteiger partial charge on any atom is -0.408 e. The number of aromatic nitrogens is 1. The molecule has 5 nitrogen and oxygen atoms in total. The predicted octanol–water partition coefficient (Wildman–Crippen LogP) is 3.49. The van der Waals surface area contributed by atoms with Crippen LogP contribution < -0.4 is 11.1 Å². The molecule has 3 rings (SSSR count). The standard InChI is InChI=1S/C18H20N2O3S2/c21-17(19-8-11-25-13-14-7-10-24-12-14)6-3-9-20-15-4-1-2-5-16(15)23-18(20)22/h1-2,4-5,7,10,12H,3,6,8-9,11,13H2,(H,19,21). The van der Waals surface area contributed by atoms with Crippen LogP contribution >= 0.6 is 23.1 Å². The first-order chi connectivity index (χ1) is 12.2. The number of benzene rings is 1. The Kier molecular flexibility index (Phi) is 6.36. The summed E-state index contributed by atoms with van der Waals surface area (Å²) in [5.74, 6) is 1.53. The largest absolute Gasteiger partial charge is 0.419 e. The minimum absolute atomic E-state index is 0.0250. The fourth-order valence-corrected chi connectivity index (χ4v) is 4.12. The zero-order chi connectivity index (χ0) is 17.5. The van der Waals surface area contributed by atoms with E-state index in [0.717, 1.165) is 17.0 Å². The molecule has 1 aromatic carbocycles. The number of thioether (sulfide) groups is 1. The molecule has 0 saturated heterocycles. The topological polar surface area (TPSA) is 64.2 Å². The van der Waals surface area contributed by atoms with Gasteiger partial charge in [0.2, 0.25) is 5.91 Å². The van der Waals surface area contributed by atoms with Gasteiger partial charge in [0.05, 0.1) is 5.52 Å². The fourth-order valence-electron chi connectivity index (χ4n) is 2.54. The van der Waals surface area contributed by atoms with Crippen molar-refractivity contribution in [3.05, 3.63) is 57.2 Å². The normalized spacial score (nSPS) is 11.0. The number of carbonyl (C=O) groups excluding carboxylic acids is 1. The van der Waals surface area contributed by atoms with Gasteiger partial charge in [0, 0.05) is 31.0 Å². The van der Waals surface area contributed by atoms with Gasteiger partial charge in [-0.2, -0.15) is 23.1 Å². The molecular weight excluding hydrogens is 356 g/mol. The second-order valence-electron chi connectivity index (χ2n) is 5.63. The van der Waals surface area contributed by atoms with Crippen LogP contribution in [-0.4, -0.2) is 22.8 Å². The number of nitrogens with one attached hydrogen (secondary N) is 1. The zero-order valence-electron chi connectivity index (χ0n) is 13.8. The monoisotopic (exact) mass is 376 g/mol. The summed E-state index contributed by atoms with van der Waals surface area (Å²) < 4.78 is 6.77. The highest BCUT2D eigenvalue weighted by Crippen LogP contribution is 2.14. The van der Waals surface area contributed by atoms with Crippen LogP contribution in [0.4, 0.5) is 0 Å². The van der Waals surface area contributed by atoms with Crippen molar-refractivity contribution in [3.63, 3.8) is 0 Å². The Hall–Kier alpha value is -1.99. The van der Waals surface area contributed by atoms with Gasteiger partial charge in [0.15, 0.2) is 5.58 Å². The lowest BCUT2D eigenvalue weighted by atomic mass is 10.2. The number of thiophene rings is 1. The summed E-state index contributed by atoms with van der Waals surface area (Å²) in [6, 6.07) is 9.45. The molecular formula is C18H20N2O3S2. The number of oxazole rings is 1. The summed E-state index contributed by atoms with van der Waals surface area (Å²) in [5, 5.41) is 7.15. The number of amides is 1. The summed E-state index contributed by atoms with van der Waals surface area (Å²) in [5.41, 5.74) is 2.69. The average Bonchev–Trinajstić information content (AvgIpc) is 3.23. The van der Waals surface area contributed by atoms with E-state index in [1.54, 1.807) is 22.0 Å². The van der Waals surface area contributed by atoms with E-state index in [4.69, 9.17) is 4.42 Å². The second kappa shape index (κ2) is 8.92. The number of nitrogens with zero attached hydrogens (tertiary/aromatic N) is 1. The fraction of sp³-hybridized carbons (Fsp3) is 0.333. The predicted molar refractivity (Wildman–Crippen MR) is 103 cm³/mol. The van der Waals surface area contributed by atoms with Crippen LogP contribution in [0.25, 0.3) is 11.1 Å². The van der Waals surface area contributed by atoms with E-state index in [1.165, 1.54) is 5.56 Å². The molecule has 2 aromatic heterocycles. The van der Waals surface area contributed by atoms with Gasteiger partial charge in [0.25, 0.3) is 0 Å². The Morgan fingerprint density at radius 2 is 2.16 bits per heavy atom. The van der Waals surface area contributed by atoms with Crippen LogP contribution in [0.1, 0.15) is 18.4 Å². The highest BCUT2D eigenvalue weighted by atomic mass is 32.2. The van der Waals surface area contributed by atoms with E-state index in [-0.39, 0.29) is 11.7 Å². The molecule has 1 N–H and O–H groups in total. The van der Waals surface area contributed by atoms with Gasteiger partial charge >= 0.3 is 5.76 Å². The van der Waals surface area contributed by atoms with Crippen LogP contribution in [-0.2, 0) is 17.1 Å². The number of para-hydroxylation sites is 2.